The van der Waals surface area contributed by atoms with Gasteiger partial charge in [-0.05, 0) is 28.1 Å². The Kier molecular flexibility index (Phi) is 4.96. The maximum atomic E-state index is 12.1. The molecule has 0 radical (unpaired) electrons. The van der Waals surface area contributed by atoms with Crippen LogP contribution < -0.4 is 5.32 Å². The van der Waals surface area contributed by atoms with Crippen LogP contribution in [0.1, 0.15) is 5.89 Å². The van der Waals surface area contributed by atoms with Crippen molar-refractivity contribution in [3.8, 4) is 11.5 Å². The summed E-state index contributed by atoms with van der Waals surface area (Å²) < 4.78 is 42.4. The van der Waals surface area contributed by atoms with Crippen molar-refractivity contribution in [1.29, 1.82) is 0 Å². The number of nitrogens with one attached hydrogen (secondary N) is 1. The van der Waals surface area contributed by atoms with Crippen molar-refractivity contribution in [2.24, 2.45) is 0 Å². The first-order valence-electron chi connectivity index (χ1n) is 5.90. The molecule has 114 valence electrons. The normalized spacial score (nSPS) is 13.4. The fourth-order valence-electron chi connectivity index (χ4n) is 1.50. The van der Waals surface area contributed by atoms with Crippen LogP contribution in [-0.2, 0) is 6.54 Å². The number of halogens is 4. The lowest BCUT2D eigenvalue weighted by Crippen LogP contribution is -2.38. The maximum Gasteiger partial charge on any atom is 0.415 e. The van der Waals surface area contributed by atoms with E-state index in [1.54, 1.807) is 18.2 Å². The molecule has 1 aromatic heterocycles. The van der Waals surface area contributed by atoms with Crippen molar-refractivity contribution in [3.05, 3.63) is 34.6 Å². The fourth-order valence-corrected chi connectivity index (χ4v) is 1.95. The molecule has 0 bridgehead atoms. The van der Waals surface area contributed by atoms with Gasteiger partial charge in [-0.15, -0.1) is 10.2 Å². The molecular weight excluding hydrogens is 355 g/mol. The molecule has 0 saturated heterocycles. The van der Waals surface area contributed by atoms with E-state index in [1.165, 1.54) is 0 Å². The maximum absolute atomic E-state index is 12.1. The van der Waals surface area contributed by atoms with E-state index < -0.39 is 18.8 Å². The van der Waals surface area contributed by atoms with Gasteiger partial charge < -0.3 is 14.8 Å². The topological polar surface area (TPSA) is 71.2 Å². The van der Waals surface area contributed by atoms with E-state index in [0.29, 0.717) is 5.56 Å². The lowest BCUT2D eigenvalue weighted by molar-refractivity contribution is -0.201. The number of aliphatic hydroxyl groups excluding tert-OH is 1. The van der Waals surface area contributed by atoms with Gasteiger partial charge >= 0.3 is 6.18 Å². The summed E-state index contributed by atoms with van der Waals surface area (Å²) >= 11 is 3.33. The highest BCUT2D eigenvalue weighted by Gasteiger charge is 2.37. The molecule has 21 heavy (non-hydrogen) atoms. The zero-order valence-corrected chi connectivity index (χ0v) is 12.1. The molecule has 0 saturated carbocycles. The summed E-state index contributed by atoms with van der Waals surface area (Å²) in [4.78, 5) is 0. The largest absolute Gasteiger partial charge is 0.419 e. The predicted octanol–water partition coefficient (Wildman–Crippen LogP) is 2.51. The van der Waals surface area contributed by atoms with Crippen LogP contribution in [0, 0.1) is 0 Å². The zero-order chi connectivity index (χ0) is 15.5. The zero-order valence-electron chi connectivity index (χ0n) is 10.6. The molecule has 1 atom stereocenters. The van der Waals surface area contributed by atoms with E-state index in [-0.39, 0.29) is 18.3 Å². The number of aromatic nitrogens is 2. The number of alkyl halides is 3. The minimum atomic E-state index is -4.65. The highest BCUT2D eigenvalue weighted by Crippen LogP contribution is 2.26. The molecule has 5 nitrogen and oxygen atoms in total. The van der Waals surface area contributed by atoms with Gasteiger partial charge in [-0.1, -0.05) is 12.1 Å². The lowest BCUT2D eigenvalue weighted by atomic mass is 10.2. The van der Waals surface area contributed by atoms with Crippen molar-refractivity contribution < 1.29 is 22.7 Å². The van der Waals surface area contributed by atoms with E-state index in [1.807, 2.05) is 6.07 Å². The highest BCUT2D eigenvalue weighted by molar-refractivity contribution is 9.10. The van der Waals surface area contributed by atoms with Crippen LogP contribution in [0.2, 0.25) is 0 Å². The molecule has 0 fully saturated rings. The molecule has 0 spiro atoms. The molecule has 1 unspecified atom stereocenters. The molecule has 9 heteroatoms. The summed E-state index contributed by atoms with van der Waals surface area (Å²) in [5, 5.41) is 18.8. The SMILES string of the molecule is OC(CNCc1nnc(-c2ccccc2Br)o1)C(F)(F)F. The molecule has 0 aliphatic rings. The Morgan fingerprint density at radius 3 is 2.67 bits per heavy atom. The molecule has 0 aliphatic heterocycles. The van der Waals surface area contributed by atoms with Crippen molar-refractivity contribution in [1.82, 2.24) is 15.5 Å². The second-order valence-electron chi connectivity index (χ2n) is 4.17. The molecular formula is C12H11BrF3N3O2. The molecule has 0 aliphatic carbocycles. The van der Waals surface area contributed by atoms with Gasteiger partial charge in [-0.2, -0.15) is 13.2 Å². The molecule has 2 rings (SSSR count). The van der Waals surface area contributed by atoms with Crippen molar-refractivity contribution in [2.45, 2.75) is 18.8 Å². The van der Waals surface area contributed by atoms with Crippen LogP contribution in [0.4, 0.5) is 13.2 Å². The summed E-state index contributed by atoms with van der Waals surface area (Å²) in [6, 6.07) is 7.19. The van der Waals surface area contributed by atoms with Crippen molar-refractivity contribution >= 4 is 15.9 Å². The Labute approximate surface area is 126 Å². The molecule has 2 aromatic rings. The van der Waals surface area contributed by atoms with Crippen molar-refractivity contribution in [3.63, 3.8) is 0 Å². The first kappa shape index (κ1) is 15.9. The third kappa shape index (κ3) is 4.26. The summed E-state index contributed by atoms with van der Waals surface area (Å²) in [6.07, 6.45) is -7.08. The first-order valence-corrected chi connectivity index (χ1v) is 6.70. The van der Waals surface area contributed by atoms with Crippen LogP contribution in [0.25, 0.3) is 11.5 Å². The van der Waals surface area contributed by atoms with E-state index in [4.69, 9.17) is 9.52 Å². The van der Waals surface area contributed by atoms with Gasteiger partial charge in [-0.25, -0.2) is 0 Å². The number of aliphatic hydroxyl groups is 1. The molecule has 0 amide bonds. The van der Waals surface area contributed by atoms with E-state index in [2.05, 4.69) is 31.4 Å². The third-order valence-electron chi connectivity index (χ3n) is 2.56. The van der Waals surface area contributed by atoms with Gasteiger partial charge in [0.15, 0.2) is 6.10 Å². The van der Waals surface area contributed by atoms with Crippen LogP contribution in [-0.4, -0.2) is 34.1 Å². The first-order chi connectivity index (χ1) is 9.88. The Morgan fingerprint density at radius 2 is 2.00 bits per heavy atom. The van der Waals surface area contributed by atoms with E-state index in [9.17, 15) is 13.2 Å². The summed E-state index contributed by atoms with van der Waals surface area (Å²) in [6.45, 7) is -0.708. The fraction of sp³-hybridized carbons (Fsp3) is 0.333. The number of hydrogen-bond acceptors (Lipinski definition) is 5. The van der Waals surface area contributed by atoms with Crippen LogP contribution in [0.3, 0.4) is 0 Å². The average molecular weight is 366 g/mol. The predicted molar refractivity (Wildman–Crippen MR) is 71.2 cm³/mol. The second-order valence-corrected chi connectivity index (χ2v) is 5.02. The standard InChI is InChI=1S/C12H11BrF3N3O2/c13-8-4-2-1-3-7(8)11-19-18-10(21-11)6-17-5-9(20)12(14,15)16/h1-4,9,17,20H,5-6H2. The van der Waals surface area contributed by atoms with E-state index >= 15 is 0 Å². The minimum Gasteiger partial charge on any atom is -0.419 e. The molecule has 1 heterocycles. The highest BCUT2D eigenvalue weighted by atomic mass is 79.9. The number of hydrogen-bond donors (Lipinski definition) is 2. The van der Waals surface area contributed by atoms with Gasteiger partial charge in [-0.3, -0.25) is 0 Å². The van der Waals surface area contributed by atoms with Gasteiger partial charge in [0.1, 0.15) is 0 Å². The molecule has 2 N–H and O–H groups in total. The quantitative estimate of drug-likeness (QED) is 0.851. The Bertz CT molecular complexity index is 603. The number of nitrogens with zero attached hydrogens (tertiary/aromatic N) is 2. The summed E-state index contributed by atoms with van der Waals surface area (Å²) in [5.41, 5.74) is 0.687. The van der Waals surface area contributed by atoms with E-state index in [0.717, 1.165) is 4.47 Å². The van der Waals surface area contributed by atoms with Crippen LogP contribution in [0.15, 0.2) is 33.2 Å². The Balaban J connectivity index is 1.94. The lowest BCUT2D eigenvalue weighted by Gasteiger charge is -2.14. The van der Waals surface area contributed by atoms with Gasteiger partial charge in [0.25, 0.3) is 0 Å². The summed E-state index contributed by atoms with van der Waals surface area (Å²) in [5.74, 6) is 0.394. The smallest absolute Gasteiger partial charge is 0.415 e. The summed E-state index contributed by atoms with van der Waals surface area (Å²) in [7, 11) is 0. The van der Waals surface area contributed by atoms with Gasteiger partial charge in [0.05, 0.1) is 12.1 Å². The van der Waals surface area contributed by atoms with Gasteiger partial charge in [0, 0.05) is 11.0 Å². The second kappa shape index (κ2) is 6.54. The number of rotatable bonds is 5. The third-order valence-corrected chi connectivity index (χ3v) is 3.25. The molecule has 1 aromatic carbocycles. The van der Waals surface area contributed by atoms with Crippen LogP contribution >= 0.6 is 15.9 Å². The average Bonchev–Trinajstić information content (AvgIpc) is 2.86. The number of benzene rings is 1. The Morgan fingerprint density at radius 1 is 1.29 bits per heavy atom. The minimum absolute atomic E-state index is 0.0649. The Hall–Kier alpha value is -1.45. The van der Waals surface area contributed by atoms with Crippen molar-refractivity contribution in [2.75, 3.05) is 6.54 Å². The monoisotopic (exact) mass is 365 g/mol. The van der Waals surface area contributed by atoms with Gasteiger partial charge in [0.2, 0.25) is 11.8 Å². The van der Waals surface area contributed by atoms with Crippen LogP contribution in [0.5, 0.6) is 0 Å².